The Bertz CT molecular complexity index is 706. The molecule has 0 fully saturated rings. The Kier molecular flexibility index (Phi) is 8.42. The number of hydrogen-bond donors (Lipinski definition) is 0. The number of fused-ring (bicyclic) bond motifs is 1. The Morgan fingerprint density at radius 1 is 1.00 bits per heavy atom. The summed E-state index contributed by atoms with van der Waals surface area (Å²) in [6.45, 7) is 13.4. The third-order valence-corrected chi connectivity index (χ3v) is 4.62. The average molecular weight is 442 g/mol. The summed E-state index contributed by atoms with van der Waals surface area (Å²) >= 11 is 0. The zero-order valence-electron chi connectivity index (χ0n) is 15.3. The molecule has 4 heteroatoms. The summed E-state index contributed by atoms with van der Waals surface area (Å²) in [5.74, 6) is 0. The van der Waals surface area contributed by atoms with Crippen LogP contribution in [0.25, 0.3) is 0 Å². The molecule has 128 valence electrons. The minimum atomic E-state index is 0. The summed E-state index contributed by atoms with van der Waals surface area (Å²) < 4.78 is 0. The van der Waals surface area contributed by atoms with Crippen molar-refractivity contribution in [2.75, 3.05) is 0 Å². The van der Waals surface area contributed by atoms with E-state index in [1.54, 1.807) is 0 Å². The summed E-state index contributed by atoms with van der Waals surface area (Å²) in [6, 6.07) is 0. The average Bonchev–Trinajstić information content (AvgIpc) is 3.00. The predicted molar refractivity (Wildman–Crippen MR) is 91.4 cm³/mol. The molecule has 24 heavy (non-hydrogen) atoms. The normalized spacial score (nSPS) is 18.7. The fourth-order valence-electron chi connectivity index (χ4n) is 3.42. The van der Waals surface area contributed by atoms with Gasteiger partial charge in [-0.25, -0.2) is 0 Å². The van der Waals surface area contributed by atoms with Crippen LogP contribution in [-0.2, 0) is 26.2 Å². The standard InChI is InChI=1S/C20H25N.2ClH.Zr/c1-12(2)16-9-10-17-19(16)18(13(3)21-17)14-7-8-15(11-14)20(4,5)6;;;/h8,10-11H,7,9H2,1-6H3;2*1H;/q;;;+2/p-2. The first kappa shape index (κ1) is 23.8. The van der Waals surface area contributed by atoms with Crippen LogP contribution in [0.5, 0.6) is 0 Å². The van der Waals surface area contributed by atoms with Gasteiger partial charge in [-0.2, -0.15) is 0 Å². The summed E-state index contributed by atoms with van der Waals surface area (Å²) in [4.78, 5) is 4.80. The molecular formula is C20H25Cl2NZr. The minimum Gasteiger partial charge on any atom is -1.00 e. The summed E-state index contributed by atoms with van der Waals surface area (Å²) in [6.07, 6.45) is 9.14. The van der Waals surface area contributed by atoms with Crippen molar-refractivity contribution < 1.29 is 51.0 Å². The molecule has 0 unspecified atom stereocenters. The Morgan fingerprint density at radius 3 is 2.12 bits per heavy atom. The molecule has 0 atom stereocenters. The Hall–Kier alpha value is -0.167. The molecule has 0 bridgehead atoms. The minimum absolute atomic E-state index is 0. The zero-order valence-corrected chi connectivity index (χ0v) is 19.3. The quantitative estimate of drug-likeness (QED) is 0.530. The number of allylic oxidation sites excluding steroid dienone is 8. The van der Waals surface area contributed by atoms with Crippen molar-refractivity contribution in [2.45, 2.75) is 54.4 Å². The van der Waals surface area contributed by atoms with Gasteiger partial charge in [0, 0.05) is 16.9 Å². The first-order chi connectivity index (χ1) is 9.79. The van der Waals surface area contributed by atoms with E-state index < -0.39 is 0 Å². The number of aliphatic imine (C=N–C) groups is 1. The SMILES string of the molecule is CC1=NC2=CCC(=C(C)C)C2=C1C1=CC(C(C)(C)C)=CC1.[Cl-].[Cl-].[Zr+2]. The van der Waals surface area contributed by atoms with E-state index in [0.29, 0.717) is 0 Å². The molecule has 0 aromatic carbocycles. The van der Waals surface area contributed by atoms with Gasteiger partial charge in [-0.15, -0.1) is 0 Å². The second kappa shape index (κ2) is 8.48. The molecule has 1 nitrogen and oxygen atoms in total. The Labute approximate surface area is 178 Å². The molecule has 3 rings (SSSR count). The molecule has 0 aromatic heterocycles. The fourth-order valence-corrected chi connectivity index (χ4v) is 3.42. The molecule has 2 aliphatic carbocycles. The van der Waals surface area contributed by atoms with Crippen LogP contribution in [0, 0.1) is 5.41 Å². The van der Waals surface area contributed by atoms with Crippen molar-refractivity contribution in [3.8, 4) is 0 Å². The molecule has 0 saturated carbocycles. The van der Waals surface area contributed by atoms with Crippen molar-refractivity contribution in [3.63, 3.8) is 0 Å². The van der Waals surface area contributed by atoms with Gasteiger partial charge < -0.3 is 24.8 Å². The van der Waals surface area contributed by atoms with Gasteiger partial charge >= 0.3 is 26.2 Å². The van der Waals surface area contributed by atoms with Crippen molar-refractivity contribution >= 4 is 5.71 Å². The molecule has 0 N–H and O–H groups in total. The van der Waals surface area contributed by atoms with Crippen molar-refractivity contribution in [2.24, 2.45) is 10.4 Å². The van der Waals surface area contributed by atoms with E-state index in [9.17, 15) is 0 Å². The zero-order chi connectivity index (χ0) is 15.4. The predicted octanol–water partition coefficient (Wildman–Crippen LogP) is -0.310. The van der Waals surface area contributed by atoms with Crippen LogP contribution in [0.3, 0.4) is 0 Å². The van der Waals surface area contributed by atoms with E-state index in [4.69, 9.17) is 4.99 Å². The third-order valence-electron chi connectivity index (χ3n) is 4.62. The van der Waals surface area contributed by atoms with Gasteiger partial charge in [0.1, 0.15) is 0 Å². The van der Waals surface area contributed by atoms with Gasteiger partial charge in [-0.1, -0.05) is 44.6 Å². The maximum Gasteiger partial charge on any atom is 2.00 e. The fraction of sp³-hybridized carbons (Fsp3) is 0.450. The van der Waals surface area contributed by atoms with Gasteiger partial charge in [0.2, 0.25) is 0 Å². The smallest absolute Gasteiger partial charge is 1.00 e. The maximum atomic E-state index is 4.80. The third kappa shape index (κ3) is 4.14. The maximum absolute atomic E-state index is 4.80. The Balaban J connectivity index is 0.00000176. The first-order valence-corrected chi connectivity index (χ1v) is 7.88. The number of rotatable bonds is 1. The molecule has 0 radical (unpaired) electrons. The van der Waals surface area contributed by atoms with E-state index >= 15 is 0 Å². The Morgan fingerprint density at radius 2 is 1.62 bits per heavy atom. The van der Waals surface area contributed by atoms with Crippen molar-refractivity contribution in [1.82, 2.24) is 0 Å². The van der Waals surface area contributed by atoms with Gasteiger partial charge in [-0.05, 0) is 55.7 Å². The largest absolute Gasteiger partial charge is 2.00 e. The molecular weight excluding hydrogens is 416 g/mol. The molecule has 1 aliphatic heterocycles. The van der Waals surface area contributed by atoms with Gasteiger partial charge in [0.05, 0.1) is 5.70 Å². The van der Waals surface area contributed by atoms with Gasteiger partial charge in [0.25, 0.3) is 0 Å². The van der Waals surface area contributed by atoms with Crippen molar-refractivity contribution in [1.29, 1.82) is 0 Å². The summed E-state index contributed by atoms with van der Waals surface area (Å²) in [5.41, 5.74) is 11.2. The van der Waals surface area contributed by atoms with Crippen molar-refractivity contribution in [3.05, 3.63) is 57.4 Å². The summed E-state index contributed by atoms with van der Waals surface area (Å²) in [7, 11) is 0. The van der Waals surface area contributed by atoms with E-state index in [1.807, 2.05) is 0 Å². The molecule has 0 aromatic rings. The van der Waals surface area contributed by atoms with E-state index in [1.165, 1.54) is 44.8 Å². The van der Waals surface area contributed by atoms with Crippen LogP contribution in [0.15, 0.2) is 62.4 Å². The van der Waals surface area contributed by atoms with Crippen LogP contribution in [0.4, 0.5) is 0 Å². The van der Waals surface area contributed by atoms with Gasteiger partial charge in [-0.3, -0.25) is 4.99 Å². The van der Waals surface area contributed by atoms with Crippen LogP contribution < -0.4 is 24.8 Å². The molecule has 0 amide bonds. The molecule has 1 heterocycles. The van der Waals surface area contributed by atoms with Crippen LogP contribution in [-0.4, -0.2) is 5.71 Å². The second-order valence-electron chi connectivity index (χ2n) is 7.50. The first-order valence-electron chi connectivity index (χ1n) is 7.88. The molecule has 3 aliphatic rings. The monoisotopic (exact) mass is 439 g/mol. The molecule has 0 spiro atoms. The van der Waals surface area contributed by atoms with E-state index in [0.717, 1.165) is 12.8 Å². The number of hydrogen-bond acceptors (Lipinski definition) is 1. The van der Waals surface area contributed by atoms with Crippen LogP contribution in [0.2, 0.25) is 0 Å². The number of halogens is 2. The second-order valence-corrected chi connectivity index (χ2v) is 7.50. The summed E-state index contributed by atoms with van der Waals surface area (Å²) in [5, 5.41) is 0. The van der Waals surface area contributed by atoms with Crippen LogP contribution in [0.1, 0.15) is 54.4 Å². The molecule has 0 saturated heterocycles. The van der Waals surface area contributed by atoms with E-state index in [-0.39, 0.29) is 56.4 Å². The van der Waals surface area contributed by atoms with E-state index in [2.05, 4.69) is 59.8 Å². The topological polar surface area (TPSA) is 12.4 Å². The van der Waals surface area contributed by atoms with Crippen LogP contribution >= 0.6 is 0 Å². The van der Waals surface area contributed by atoms with Gasteiger partial charge in [0.15, 0.2) is 0 Å². The number of nitrogens with zero attached hydrogens (tertiary/aromatic N) is 1.